The second-order valence-electron chi connectivity index (χ2n) is 10.5. The summed E-state index contributed by atoms with van der Waals surface area (Å²) in [6, 6.07) is 6.69. The van der Waals surface area contributed by atoms with Gasteiger partial charge in [0.15, 0.2) is 5.69 Å². The lowest BCUT2D eigenvalue weighted by molar-refractivity contribution is -0.136. The highest BCUT2D eigenvalue weighted by Gasteiger charge is 2.31. The topological polar surface area (TPSA) is 151 Å². The van der Waals surface area contributed by atoms with Crippen LogP contribution in [0.1, 0.15) is 72.3 Å². The summed E-state index contributed by atoms with van der Waals surface area (Å²) in [4.78, 5) is 40.1. The Morgan fingerprint density at radius 2 is 1.92 bits per heavy atom. The maximum Gasteiger partial charge on any atom is 0.273 e. The number of phenols is 1. The summed E-state index contributed by atoms with van der Waals surface area (Å²) in [5.41, 5.74) is 7.68. The van der Waals surface area contributed by atoms with Crippen LogP contribution in [0, 0.1) is 12.8 Å². The number of hydrogen-bond acceptors (Lipinski definition) is 7. The van der Waals surface area contributed by atoms with E-state index in [2.05, 4.69) is 15.8 Å². The molecule has 0 radical (unpaired) electrons. The van der Waals surface area contributed by atoms with E-state index in [1.807, 2.05) is 13.0 Å². The minimum atomic E-state index is -0.455. The lowest BCUT2D eigenvalue weighted by Crippen LogP contribution is -2.50. The summed E-state index contributed by atoms with van der Waals surface area (Å²) >= 11 is 0. The Morgan fingerprint density at radius 1 is 1.19 bits per heavy atom. The van der Waals surface area contributed by atoms with E-state index in [9.17, 15) is 19.5 Å². The minimum absolute atomic E-state index is 0.0397. The maximum absolute atomic E-state index is 13.5. The Kier molecular flexibility index (Phi) is 8.48. The number of nitrogens with zero attached hydrogens (tertiary/aromatic N) is 2. The number of aromatic hydroxyl groups is 1. The minimum Gasteiger partial charge on any atom is -0.508 e. The van der Waals surface area contributed by atoms with Crippen LogP contribution < -0.4 is 16.4 Å². The molecule has 10 heteroatoms. The highest BCUT2D eigenvalue weighted by atomic mass is 16.5. The Hall–Kier alpha value is -3.40. The molecule has 2 atom stereocenters. The number of likely N-dealkylation sites (tertiary alicyclic amines) is 1. The molecule has 2 aliphatic rings. The average molecular weight is 512 g/mol. The lowest BCUT2D eigenvalue weighted by atomic mass is 9.94. The van der Waals surface area contributed by atoms with Crippen LogP contribution in [0.2, 0.25) is 0 Å². The number of carbonyl (C=O) groups is 3. The van der Waals surface area contributed by atoms with Gasteiger partial charge in [0.2, 0.25) is 11.8 Å². The van der Waals surface area contributed by atoms with Crippen LogP contribution in [-0.2, 0) is 16.0 Å². The smallest absolute Gasteiger partial charge is 0.273 e. The van der Waals surface area contributed by atoms with Crippen molar-refractivity contribution in [2.75, 3.05) is 19.6 Å². The number of rotatable bonds is 10. The van der Waals surface area contributed by atoms with Crippen LogP contribution in [0.4, 0.5) is 0 Å². The van der Waals surface area contributed by atoms with Gasteiger partial charge in [-0.25, -0.2) is 0 Å². The molecular weight excluding hydrogens is 474 g/mol. The van der Waals surface area contributed by atoms with Crippen molar-refractivity contribution in [3.05, 3.63) is 46.8 Å². The van der Waals surface area contributed by atoms with E-state index in [0.29, 0.717) is 44.0 Å². The van der Waals surface area contributed by atoms with Gasteiger partial charge in [-0.05, 0) is 63.1 Å². The van der Waals surface area contributed by atoms with Gasteiger partial charge in [0, 0.05) is 50.1 Å². The molecule has 0 bridgehead atoms. The molecule has 1 saturated carbocycles. The third kappa shape index (κ3) is 7.31. The van der Waals surface area contributed by atoms with Gasteiger partial charge in [-0.2, -0.15) is 0 Å². The quantitative estimate of drug-likeness (QED) is 0.381. The van der Waals surface area contributed by atoms with Gasteiger partial charge in [-0.3, -0.25) is 14.4 Å². The monoisotopic (exact) mass is 511 g/mol. The Balaban J connectivity index is 1.33. The molecule has 37 heavy (non-hydrogen) atoms. The van der Waals surface area contributed by atoms with Crippen molar-refractivity contribution in [3.8, 4) is 5.75 Å². The first-order valence-corrected chi connectivity index (χ1v) is 13.1. The maximum atomic E-state index is 13.5. The molecule has 1 aromatic carbocycles. The fourth-order valence-corrected chi connectivity index (χ4v) is 4.70. The predicted octanol–water partition coefficient (Wildman–Crippen LogP) is 2.00. The van der Waals surface area contributed by atoms with Crippen molar-refractivity contribution >= 4 is 17.7 Å². The number of benzene rings is 1. The first-order chi connectivity index (χ1) is 17.7. The van der Waals surface area contributed by atoms with E-state index in [1.54, 1.807) is 30.0 Å². The summed E-state index contributed by atoms with van der Waals surface area (Å²) in [5, 5.41) is 19.6. The van der Waals surface area contributed by atoms with Crippen molar-refractivity contribution in [1.29, 1.82) is 0 Å². The number of aryl methyl sites for hydroxylation is 1. The number of carbonyl (C=O) groups excluding carboxylic acids is 3. The van der Waals surface area contributed by atoms with Crippen LogP contribution in [0.3, 0.4) is 0 Å². The second-order valence-corrected chi connectivity index (χ2v) is 10.5. The first-order valence-electron chi connectivity index (χ1n) is 13.1. The number of phenolic OH excluding ortho intramolecular Hbond substituents is 1. The fourth-order valence-electron chi connectivity index (χ4n) is 4.70. The number of aromatic nitrogens is 1. The van der Waals surface area contributed by atoms with Crippen molar-refractivity contribution in [1.82, 2.24) is 20.7 Å². The molecule has 1 saturated heterocycles. The SMILES string of the molecule is Cc1cc(C[C@H](CNC(=O)C[C@@H](C)N)C(=O)N2CCC(NC(=O)c3cc(C4CC4)on3)CC2)ccc1O. The average Bonchev–Trinajstić information content (AvgIpc) is 3.59. The molecule has 1 aliphatic heterocycles. The van der Waals surface area contributed by atoms with E-state index in [4.69, 9.17) is 10.3 Å². The standard InChI is InChI=1S/C27H37N5O5/c1-16-11-18(3-6-23(16)33)13-20(15-29-25(34)12-17(2)28)27(36)32-9-7-21(8-10-32)30-26(35)22-14-24(37-31-22)19-4-5-19/h3,6,11,14,17,19-21,33H,4-5,7-10,12-13,15,28H2,1-2H3,(H,29,34)(H,30,35)/t17-,20-/m1/s1. The lowest BCUT2D eigenvalue weighted by Gasteiger charge is -2.34. The van der Waals surface area contributed by atoms with Crippen LogP contribution in [0.15, 0.2) is 28.8 Å². The Bertz CT molecular complexity index is 1120. The molecule has 1 aromatic heterocycles. The summed E-state index contributed by atoms with van der Waals surface area (Å²) in [7, 11) is 0. The third-order valence-electron chi connectivity index (χ3n) is 7.03. The molecule has 200 valence electrons. The Morgan fingerprint density at radius 3 is 2.57 bits per heavy atom. The van der Waals surface area contributed by atoms with E-state index >= 15 is 0 Å². The zero-order valence-corrected chi connectivity index (χ0v) is 21.5. The number of nitrogens with two attached hydrogens (primary N) is 1. The number of piperidine rings is 1. The van der Waals surface area contributed by atoms with Crippen molar-refractivity contribution in [2.45, 2.75) is 70.4 Å². The van der Waals surface area contributed by atoms with E-state index in [1.165, 1.54) is 0 Å². The molecule has 3 amide bonds. The summed E-state index contributed by atoms with van der Waals surface area (Å²) < 4.78 is 5.28. The van der Waals surface area contributed by atoms with Crippen molar-refractivity contribution in [3.63, 3.8) is 0 Å². The molecule has 0 spiro atoms. The normalized spacial score (nSPS) is 17.8. The van der Waals surface area contributed by atoms with Gasteiger partial charge in [0.05, 0.1) is 5.92 Å². The fraction of sp³-hybridized carbons (Fsp3) is 0.556. The van der Waals surface area contributed by atoms with Crippen LogP contribution in [0.5, 0.6) is 5.75 Å². The number of hydrogen-bond donors (Lipinski definition) is 4. The van der Waals surface area contributed by atoms with Gasteiger partial charge in [0.25, 0.3) is 5.91 Å². The molecular formula is C27H37N5O5. The number of amides is 3. The van der Waals surface area contributed by atoms with Crippen LogP contribution in [-0.4, -0.2) is 64.6 Å². The molecule has 2 aromatic rings. The van der Waals surface area contributed by atoms with E-state index < -0.39 is 5.92 Å². The van der Waals surface area contributed by atoms with Gasteiger partial charge in [-0.15, -0.1) is 0 Å². The molecule has 4 rings (SSSR count). The zero-order valence-electron chi connectivity index (χ0n) is 21.5. The number of nitrogens with one attached hydrogen (secondary N) is 2. The third-order valence-corrected chi connectivity index (χ3v) is 7.03. The molecule has 10 nitrogen and oxygen atoms in total. The van der Waals surface area contributed by atoms with Crippen molar-refractivity contribution < 1.29 is 24.0 Å². The highest BCUT2D eigenvalue weighted by Crippen LogP contribution is 2.40. The summed E-state index contributed by atoms with van der Waals surface area (Å²) in [5.74, 6) is 0.436. The van der Waals surface area contributed by atoms with Gasteiger partial charge < -0.3 is 30.9 Å². The molecule has 5 N–H and O–H groups in total. The van der Waals surface area contributed by atoms with Crippen LogP contribution >= 0.6 is 0 Å². The van der Waals surface area contributed by atoms with Gasteiger partial charge >= 0.3 is 0 Å². The van der Waals surface area contributed by atoms with Crippen LogP contribution in [0.25, 0.3) is 0 Å². The first kappa shape index (κ1) is 26.7. The van der Waals surface area contributed by atoms with Crippen molar-refractivity contribution in [2.24, 2.45) is 11.7 Å². The second kappa shape index (κ2) is 11.8. The summed E-state index contributed by atoms with van der Waals surface area (Å²) in [6.07, 6.45) is 4.04. The molecule has 0 unspecified atom stereocenters. The van der Waals surface area contributed by atoms with Gasteiger partial charge in [0.1, 0.15) is 11.5 Å². The summed E-state index contributed by atoms with van der Waals surface area (Å²) in [6.45, 7) is 4.80. The Labute approximate surface area is 216 Å². The van der Waals surface area contributed by atoms with Gasteiger partial charge in [-0.1, -0.05) is 17.3 Å². The molecule has 2 heterocycles. The predicted molar refractivity (Wildman–Crippen MR) is 137 cm³/mol. The van der Waals surface area contributed by atoms with E-state index in [-0.39, 0.29) is 48.5 Å². The zero-order chi connectivity index (χ0) is 26.5. The largest absolute Gasteiger partial charge is 0.508 e. The van der Waals surface area contributed by atoms with E-state index in [0.717, 1.165) is 29.7 Å². The highest BCUT2D eigenvalue weighted by molar-refractivity contribution is 5.92. The molecule has 2 fully saturated rings. The molecule has 1 aliphatic carbocycles.